The van der Waals surface area contributed by atoms with Crippen molar-refractivity contribution >= 4 is 17.6 Å². The molecule has 0 aromatic heterocycles. The van der Waals surface area contributed by atoms with Crippen LogP contribution in [0.3, 0.4) is 0 Å². The molecule has 4 heteroatoms. The molecule has 1 aliphatic heterocycles. The first-order valence-electron chi connectivity index (χ1n) is 7.31. The van der Waals surface area contributed by atoms with Crippen molar-refractivity contribution in [3.8, 4) is 0 Å². The lowest BCUT2D eigenvalue weighted by Crippen LogP contribution is -2.37. The second kappa shape index (κ2) is 7.09. The van der Waals surface area contributed by atoms with Crippen molar-refractivity contribution in [1.82, 2.24) is 4.90 Å². The maximum atomic E-state index is 10.8. The van der Waals surface area contributed by atoms with Gasteiger partial charge in [0.25, 0.3) is 0 Å². The molecule has 110 valence electrons. The van der Waals surface area contributed by atoms with Crippen molar-refractivity contribution in [2.45, 2.75) is 38.6 Å². The van der Waals surface area contributed by atoms with E-state index in [9.17, 15) is 4.79 Å². The number of hydrogen-bond donors (Lipinski definition) is 1. The van der Waals surface area contributed by atoms with Crippen molar-refractivity contribution in [3.05, 3.63) is 34.9 Å². The molecule has 1 aliphatic rings. The van der Waals surface area contributed by atoms with E-state index in [-0.39, 0.29) is 0 Å². The van der Waals surface area contributed by atoms with Gasteiger partial charge >= 0.3 is 5.97 Å². The quantitative estimate of drug-likeness (QED) is 0.893. The van der Waals surface area contributed by atoms with E-state index in [1.54, 1.807) is 0 Å². The molecule has 1 aromatic carbocycles. The van der Waals surface area contributed by atoms with E-state index in [1.165, 1.54) is 5.56 Å². The van der Waals surface area contributed by atoms with Gasteiger partial charge in [-0.1, -0.05) is 30.7 Å². The van der Waals surface area contributed by atoms with E-state index in [2.05, 4.69) is 17.9 Å². The Bertz CT molecular complexity index is 456. The van der Waals surface area contributed by atoms with Crippen molar-refractivity contribution in [1.29, 1.82) is 0 Å². The molecule has 0 saturated carbocycles. The first-order valence-corrected chi connectivity index (χ1v) is 7.69. The zero-order chi connectivity index (χ0) is 14.5. The van der Waals surface area contributed by atoms with Gasteiger partial charge in [0.1, 0.15) is 0 Å². The third-order valence-corrected chi connectivity index (χ3v) is 4.41. The van der Waals surface area contributed by atoms with Crippen LogP contribution in [0, 0.1) is 5.92 Å². The van der Waals surface area contributed by atoms with Crippen molar-refractivity contribution < 1.29 is 9.90 Å². The van der Waals surface area contributed by atoms with Gasteiger partial charge < -0.3 is 5.11 Å². The molecule has 0 aliphatic carbocycles. The average molecular weight is 296 g/mol. The molecular formula is C16H22ClNO2. The summed E-state index contributed by atoms with van der Waals surface area (Å²) < 4.78 is 0. The fraction of sp³-hybridized carbons (Fsp3) is 0.562. The number of halogens is 1. The standard InChI is InChI=1S/C16H22ClNO2/c1-2-15(13-4-3-5-14(17)11-13)18-8-6-12(7-9-18)10-16(19)20/h3-5,11-12,15H,2,6-10H2,1H3,(H,19,20). The van der Waals surface area contributed by atoms with Gasteiger partial charge in [-0.2, -0.15) is 0 Å². The molecule has 0 bridgehead atoms. The largest absolute Gasteiger partial charge is 0.481 e. The van der Waals surface area contributed by atoms with Crippen LogP contribution in [0.25, 0.3) is 0 Å². The monoisotopic (exact) mass is 295 g/mol. The lowest BCUT2D eigenvalue weighted by molar-refractivity contribution is -0.138. The zero-order valence-electron chi connectivity index (χ0n) is 11.9. The first-order chi connectivity index (χ1) is 9.60. The normalized spacial score (nSPS) is 18.9. The Morgan fingerprint density at radius 2 is 2.15 bits per heavy atom. The topological polar surface area (TPSA) is 40.5 Å². The van der Waals surface area contributed by atoms with E-state index in [4.69, 9.17) is 16.7 Å². The molecule has 1 atom stereocenters. The number of nitrogens with zero attached hydrogens (tertiary/aromatic N) is 1. The average Bonchev–Trinajstić information content (AvgIpc) is 2.41. The van der Waals surface area contributed by atoms with Gasteiger partial charge in [-0.25, -0.2) is 0 Å². The maximum Gasteiger partial charge on any atom is 0.303 e. The third kappa shape index (κ3) is 3.97. The highest BCUT2D eigenvalue weighted by Gasteiger charge is 2.26. The Hall–Kier alpha value is -1.06. The van der Waals surface area contributed by atoms with Crippen LogP contribution in [0.4, 0.5) is 0 Å². The van der Waals surface area contributed by atoms with E-state index in [0.717, 1.165) is 37.4 Å². The third-order valence-electron chi connectivity index (χ3n) is 4.17. The van der Waals surface area contributed by atoms with Crippen LogP contribution in [-0.2, 0) is 4.79 Å². The Morgan fingerprint density at radius 3 is 2.70 bits per heavy atom. The Kier molecular flexibility index (Phi) is 5.44. The highest BCUT2D eigenvalue weighted by Crippen LogP contribution is 2.31. The number of carboxylic acid groups (broad SMARTS) is 1. The van der Waals surface area contributed by atoms with Gasteiger partial charge in [-0.3, -0.25) is 9.69 Å². The predicted molar refractivity (Wildman–Crippen MR) is 81.0 cm³/mol. The van der Waals surface area contributed by atoms with E-state index in [1.807, 2.05) is 18.2 Å². The summed E-state index contributed by atoms with van der Waals surface area (Å²) in [5.74, 6) is -0.342. The van der Waals surface area contributed by atoms with Crippen molar-refractivity contribution in [2.75, 3.05) is 13.1 Å². The van der Waals surface area contributed by atoms with Gasteiger partial charge in [-0.05, 0) is 56.0 Å². The number of rotatable bonds is 5. The van der Waals surface area contributed by atoms with Crippen LogP contribution in [-0.4, -0.2) is 29.1 Å². The number of hydrogen-bond acceptors (Lipinski definition) is 2. The lowest BCUT2D eigenvalue weighted by Gasteiger charge is -2.37. The summed E-state index contributed by atoms with van der Waals surface area (Å²) in [5, 5.41) is 9.65. The summed E-state index contributed by atoms with van der Waals surface area (Å²) in [6.45, 7) is 4.14. The lowest BCUT2D eigenvalue weighted by atomic mass is 9.91. The molecule has 1 heterocycles. The minimum Gasteiger partial charge on any atom is -0.481 e. The summed E-state index contributed by atoms with van der Waals surface area (Å²) in [5.41, 5.74) is 1.26. The van der Waals surface area contributed by atoms with Crippen LogP contribution in [0.15, 0.2) is 24.3 Å². The molecule has 3 nitrogen and oxygen atoms in total. The summed E-state index contributed by atoms with van der Waals surface area (Å²) in [6.07, 6.45) is 3.30. The van der Waals surface area contributed by atoms with Gasteiger partial charge in [0.15, 0.2) is 0 Å². The number of carboxylic acids is 1. The Labute approximate surface area is 125 Å². The molecule has 1 aromatic rings. The molecule has 1 saturated heterocycles. The highest BCUT2D eigenvalue weighted by molar-refractivity contribution is 6.30. The zero-order valence-corrected chi connectivity index (χ0v) is 12.6. The molecule has 0 spiro atoms. The number of benzene rings is 1. The Morgan fingerprint density at radius 1 is 1.45 bits per heavy atom. The predicted octanol–water partition coefficient (Wildman–Crippen LogP) is 3.98. The van der Waals surface area contributed by atoms with Gasteiger partial charge in [0, 0.05) is 17.5 Å². The summed E-state index contributed by atoms with van der Waals surface area (Å²) in [4.78, 5) is 13.2. The highest BCUT2D eigenvalue weighted by atomic mass is 35.5. The van der Waals surface area contributed by atoms with Gasteiger partial charge in [0.2, 0.25) is 0 Å². The van der Waals surface area contributed by atoms with Crippen LogP contribution >= 0.6 is 11.6 Å². The molecule has 0 radical (unpaired) electrons. The fourth-order valence-electron chi connectivity index (χ4n) is 3.13. The second-order valence-electron chi connectivity index (χ2n) is 5.56. The van der Waals surface area contributed by atoms with E-state index >= 15 is 0 Å². The number of likely N-dealkylation sites (tertiary alicyclic amines) is 1. The van der Waals surface area contributed by atoms with Crippen molar-refractivity contribution in [2.24, 2.45) is 5.92 Å². The second-order valence-corrected chi connectivity index (χ2v) is 5.99. The van der Waals surface area contributed by atoms with Crippen LogP contribution in [0.2, 0.25) is 5.02 Å². The molecule has 1 N–H and O–H groups in total. The Balaban J connectivity index is 1.98. The maximum absolute atomic E-state index is 10.8. The minimum atomic E-state index is -0.676. The first kappa shape index (κ1) is 15.3. The van der Waals surface area contributed by atoms with Gasteiger partial charge in [-0.15, -0.1) is 0 Å². The molecule has 1 unspecified atom stereocenters. The van der Waals surface area contributed by atoms with E-state index in [0.29, 0.717) is 18.4 Å². The fourth-order valence-corrected chi connectivity index (χ4v) is 3.33. The molecular weight excluding hydrogens is 274 g/mol. The van der Waals surface area contributed by atoms with Gasteiger partial charge in [0.05, 0.1) is 0 Å². The summed E-state index contributed by atoms with van der Waals surface area (Å²) >= 11 is 6.08. The molecule has 1 fully saturated rings. The van der Waals surface area contributed by atoms with Crippen molar-refractivity contribution in [3.63, 3.8) is 0 Å². The smallest absolute Gasteiger partial charge is 0.303 e. The number of carbonyl (C=O) groups is 1. The summed E-state index contributed by atoms with van der Waals surface area (Å²) in [7, 11) is 0. The SMILES string of the molecule is CCC(c1cccc(Cl)c1)N1CCC(CC(=O)O)CC1. The van der Waals surface area contributed by atoms with Crippen LogP contribution in [0.5, 0.6) is 0 Å². The molecule has 20 heavy (non-hydrogen) atoms. The number of piperidine rings is 1. The van der Waals surface area contributed by atoms with E-state index < -0.39 is 5.97 Å². The molecule has 0 amide bonds. The molecule has 2 rings (SSSR count). The summed E-state index contributed by atoms with van der Waals surface area (Å²) in [6, 6.07) is 8.45. The van der Waals surface area contributed by atoms with Crippen LogP contribution in [0.1, 0.15) is 44.2 Å². The minimum absolute atomic E-state index is 0.307. The number of aliphatic carboxylic acids is 1. The van der Waals surface area contributed by atoms with Crippen LogP contribution < -0.4 is 0 Å².